The highest BCUT2D eigenvalue weighted by Gasteiger charge is 2.38. The van der Waals surface area contributed by atoms with E-state index in [1.165, 1.54) is 4.90 Å². The van der Waals surface area contributed by atoms with Gasteiger partial charge in [-0.25, -0.2) is 4.79 Å². The molecule has 1 rings (SSSR count). The van der Waals surface area contributed by atoms with Crippen molar-refractivity contribution in [3.8, 4) is 0 Å². The fraction of sp³-hybridized carbons (Fsp3) is 0.818. The first-order valence-electron chi connectivity index (χ1n) is 5.55. The lowest BCUT2D eigenvalue weighted by atomic mass is 10.0. The van der Waals surface area contributed by atoms with E-state index in [2.05, 4.69) is 19.2 Å². The molecule has 0 aromatic heterocycles. The Balaban J connectivity index is 2.59. The molecule has 0 spiro atoms. The minimum Gasteiger partial charge on any atom is -0.326 e. The van der Waals surface area contributed by atoms with Crippen LogP contribution < -0.4 is 5.32 Å². The van der Waals surface area contributed by atoms with Crippen molar-refractivity contribution >= 4 is 11.9 Å². The topological polar surface area (TPSA) is 49.4 Å². The highest BCUT2D eigenvalue weighted by Crippen LogP contribution is 2.15. The second-order valence-corrected chi connectivity index (χ2v) is 4.84. The van der Waals surface area contributed by atoms with Crippen LogP contribution in [0.4, 0.5) is 4.79 Å². The van der Waals surface area contributed by atoms with E-state index in [0.717, 1.165) is 6.42 Å². The van der Waals surface area contributed by atoms with Crippen LogP contribution in [-0.4, -0.2) is 29.4 Å². The average Bonchev–Trinajstić information content (AvgIpc) is 2.39. The Hall–Kier alpha value is -1.06. The van der Waals surface area contributed by atoms with Crippen LogP contribution in [0.3, 0.4) is 0 Å². The van der Waals surface area contributed by atoms with E-state index in [4.69, 9.17) is 0 Å². The molecule has 4 heteroatoms. The predicted octanol–water partition coefficient (Wildman–Crippen LogP) is 1.61. The van der Waals surface area contributed by atoms with Crippen LogP contribution >= 0.6 is 0 Å². The Morgan fingerprint density at radius 1 is 1.27 bits per heavy atom. The predicted molar refractivity (Wildman–Crippen MR) is 58.3 cm³/mol. The van der Waals surface area contributed by atoms with Crippen LogP contribution in [0.1, 0.15) is 34.1 Å². The molecule has 0 bridgehead atoms. The zero-order valence-electron chi connectivity index (χ0n) is 9.91. The number of hydrogen-bond acceptors (Lipinski definition) is 2. The fourth-order valence-electron chi connectivity index (χ4n) is 1.59. The first-order chi connectivity index (χ1) is 6.93. The van der Waals surface area contributed by atoms with Crippen molar-refractivity contribution in [2.75, 3.05) is 6.54 Å². The number of imide groups is 1. The second-order valence-electron chi connectivity index (χ2n) is 4.84. The fourth-order valence-corrected chi connectivity index (χ4v) is 1.59. The Morgan fingerprint density at radius 2 is 1.87 bits per heavy atom. The molecule has 1 fully saturated rings. The van der Waals surface area contributed by atoms with Gasteiger partial charge in [-0.2, -0.15) is 0 Å². The lowest BCUT2D eigenvalue weighted by Gasteiger charge is -2.15. The summed E-state index contributed by atoms with van der Waals surface area (Å²) in [5.41, 5.74) is 0. The van der Waals surface area contributed by atoms with Crippen LogP contribution in [0.5, 0.6) is 0 Å². The lowest BCUT2D eigenvalue weighted by Crippen LogP contribution is -2.35. The molecule has 0 radical (unpaired) electrons. The van der Waals surface area contributed by atoms with Crippen molar-refractivity contribution in [2.24, 2.45) is 11.8 Å². The first kappa shape index (κ1) is 12.0. The van der Waals surface area contributed by atoms with Gasteiger partial charge in [-0.1, -0.05) is 27.7 Å². The summed E-state index contributed by atoms with van der Waals surface area (Å²) < 4.78 is 0. The van der Waals surface area contributed by atoms with E-state index in [-0.39, 0.29) is 23.9 Å². The number of nitrogens with zero attached hydrogens (tertiary/aromatic N) is 1. The van der Waals surface area contributed by atoms with Crippen LogP contribution in [0.15, 0.2) is 0 Å². The van der Waals surface area contributed by atoms with Gasteiger partial charge in [0.2, 0.25) is 0 Å². The number of hydrogen-bond donors (Lipinski definition) is 1. The number of rotatable bonds is 4. The third-order valence-corrected chi connectivity index (χ3v) is 2.65. The molecule has 1 N–H and O–H groups in total. The van der Waals surface area contributed by atoms with Gasteiger partial charge in [0.1, 0.15) is 6.04 Å². The molecule has 3 amide bonds. The maximum Gasteiger partial charge on any atom is 0.324 e. The monoisotopic (exact) mass is 212 g/mol. The van der Waals surface area contributed by atoms with Gasteiger partial charge in [0, 0.05) is 6.54 Å². The maximum atomic E-state index is 11.8. The quantitative estimate of drug-likeness (QED) is 0.720. The molecule has 1 atom stereocenters. The Kier molecular flexibility index (Phi) is 3.72. The van der Waals surface area contributed by atoms with E-state index >= 15 is 0 Å². The average molecular weight is 212 g/mol. The molecule has 15 heavy (non-hydrogen) atoms. The van der Waals surface area contributed by atoms with Gasteiger partial charge in [0.25, 0.3) is 5.91 Å². The smallest absolute Gasteiger partial charge is 0.324 e. The normalized spacial score (nSPS) is 21.7. The molecule has 0 saturated carbocycles. The molecule has 4 nitrogen and oxygen atoms in total. The molecular weight excluding hydrogens is 192 g/mol. The van der Waals surface area contributed by atoms with E-state index in [1.54, 1.807) is 0 Å². The summed E-state index contributed by atoms with van der Waals surface area (Å²) in [7, 11) is 0. The molecule has 1 saturated heterocycles. The number of amides is 3. The molecule has 0 aliphatic carbocycles. The van der Waals surface area contributed by atoms with Gasteiger partial charge in [-0.15, -0.1) is 0 Å². The van der Waals surface area contributed by atoms with Gasteiger partial charge in [-0.05, 0) is 18.3 Å². The SMILES string of the molecule is CC(C)CCN1C(=O)NC(C(C)C)C1=O. The molecule has 1 unspecified atom stereocenters. The summed E-state index contributed by atoms with van der Waals surface area (Å²) in [5, 5.41) is 2.71. The van der Waals surface area contributed by atoms with Gasteiger partial charge in [0.15, 0.2) is 0 Å². The first-order valence-corrected chi connectivity index (χ1v) is 5.55. The van der Waals surface area contributed by atoms with Gasteiger partial charge >= 0.3 is 6.03 Å². The summed E-state index contributed by atoms with van der Waals surface area (Å²) in [6.45, 7) is 8.58. The van der Waals surface area contributed by atoms with Crippen LogP contribution in [-0.2, 0) is 4.79 Å². The molecule has 1 heterocycles. The third kappa shape index (κ3) is 2.70. The lowest BCUT2D eigenvalue weighted by molar-refractivity contribution is -0.128. The van der Waals surface area contributed by atoms with Gasteiger partial charge < -0.3 is 5.32 Å². The van der Waals surface area contributed by atoms with Crippen LogP contribution in [0, 0.1) is 11.8 Å². The summed E-state index contributed by atoms with van der Waals surface area (Å²) in [6.07, 6.45) is 0.865. The van der Waals surface area contributed by atoms with Crippen molar-refractivity contribution in [3.05, 3.63) is 0 Å². The summed E-state index contributed by atoms with van der Waals surface area (Å²) in [5.74, 6) is 0.588. The number of carbonyl (C=O) groups is 2. The standard InChI is InChI=1S/C11H20N2O2/c1-7(2)5-6-13-10(14)9(8(3)4)12-11(13)15/h7-9H,5-6H2,1-4H3,(H,12,15). The van der Waals surface area contributed by atoms with Crippen LogP contribution in [0.25, 0.3) is 0 Å². The minimum absolute atomic E-state index is 0.0735. The van der Waals surface area contributed by atoms with Crippen molar-refractivity contribution in [1.29, 1.82) is 0 Å². The van der Waals surface area contributed by atoms with Crippen molar-refractivity contribution < 1.29 is 9.59 Å². The van der Waals surface area contributed by atoms with Gasteiger partial charge in [0.05, 0.1) is 0 Å². The Morgan fingerprint density at radius 3 is 2.27 bits per heavy atom. The van der Waals surface area contributed by atoms with E-state index < -0.39 is 0 Å². The van der Waals surface area contributed by atoms with Crippen molar-refractivity contribution in [2.45, 2.75) is 40.2 Å². The van der Waals surface area contributed by atoms with Crippen molar-refractivity contribution in [3.63, 3.8) is 0 Å². The highest BCUT2D eigenvalue weighted by atomic mass is 16.2. The third-order valence-electron chi connectivity index (χ3n) is 2.65. The molecule has 1 aliphatic heterocycles. The highest BCUT2D eigenvalue weighted by molar-refractivity contribution is 6.04. The van der Waals surface area contributed by atoms with E-state index in [0.29, 0.717) is 12.5 Å². The van der Waals surface area contributed by atoms with Crippen LogP contribution in [0.2, 0.25) is 0 Å². The summed E-state index contributed by atoms with van der Waals surface area (Å²) >= 11 is 0. The maximum absolute atomic E-state index is 11.8. The Bertz CT molecular complexity index is 261. The minimum atomic E-state index is -0.329. The molecule has 1 aliphatic rings. The Labute approximate surface area is 91.0 Å². The molecular formula is C11H20N2O2. The van der Waals surface area contributed by atoms with E-state index in [1.807, 2.05) is 13.8 Å². The zero-order chi connectivity index (χ0) is 11.6. The number of carbonyl (C=O) groups excluding carboxylic acids is 2. The number of urea groups is 1. The molecule has 0 aromatic carbocycles. The van der Waals surface area contributed by atoms with Crippen molar-refractivity contribution in [1.82, 2.24) is 10.2 Å². The van der Waals surface area contributed by atoms with Gasteiger partial charge in [-0.3, -0.25) is 9.69 Å². The zero-order valence-corrected chi connectivity index (χ0v) is 9.91. The summed E-state index contributed by atoms with van der Waals surface area (Å²) in [6, 6.07) is -0.566. The number of nitrogens with one attached hydrogen (secondary N) is 1. The summed E-state index contributed by atoms with van der Waals surface area (Å²) in [4.78, 5) is 24.7. The second kappa shape index (κ2) is 4.64. The molecule has 0 aromatic rings. The largest absolute Gasteiger partial charge is 0.326 e. The van der Waals surface area contributed by atoms with E-state index in [9.17, 15) is 9.59 Å². The molecule has 86 valence electrons.